The molecule has 124 valence electrons. The first-order valence-corrected chi connectivity index (χ1v) is 9.71. The van der Waals surface area contributed by atoms with Gasteiger partial charge in [0, 0.05) is 23.3 Å². The number of hydrogen-bond acceptors (Lipinski definition) is 1. The van der Waals surface area contributed by atoms with Gasteiger partial charge in [0.25, 0.3) is 0 Å². The lowest BCUT2D eigenvalue weighted by atomic mass is 9.78. The van der Waals surface area contributed by atoms with Crippen molar-refractivity contribution in [2.75, 3.05) is 0 Å². The predicted octanol–water partition coefficient (Wildman–Crippen LogP) is 6.14. The Hall–Kier alpha value is -2.13. The average molecular weight is 391 g/mol. The van der Waals surface area contributed by atoms with Gasteiger partial charge in [-0.2, -0.15) is 0 Å². The molecule has 0 spiro atoms. The third-order valence-electron chi connectivity index (χ3n) is 5.55. The summed E-state index contributed by atoms with van der Waals surface area (Å²) in [4.78, 5) is 7.70. The third kappa shape index (κ3) is 2.49. The molecule has 5 rings (SSSR count). The third-order valence-corrected chi connectivity index (χ3v) is 6.21. The Morgan fingerprint density at radius 2 is 1.88 bits per heavy atom. The van der Waals surface area contributed by atoms with E-state index in [0.29, 0.717) is 5.92 Å². The fourth-order valence-electron chi connectivity index (χ4n) is 4.41. The zero-order valence-electron chi connectivity index (χ0n) is 13.9. The Labute approximate surface area is 155 Å². The Balaban J connectivity index is 1.71. The van der Waals surface area contributed by atoms with Crippen molar-refractivity contribution in [2.45, 2.75) is 31.6 Å². The van der Waals surface area contributed by atoms with E-state index in [2.05, 4.69) is 68.4 Å². The highest BCUT2D eigenvalue weighted by Gasteiger charge is 2.23. The van der Waals surface area contributed by atoms with Crippen LogP contribution >= 0.6 is 15.9 Å². The Morgan fingerprint density at radius 1 is 1.04 bits per heavy atom. The van der Waals surface area contributed by atoms with Crippen molar-refractivity contribution < 1.29 is 0 Å². The molecule has 0 aliphatic heterocycles. The highest BCUT2D eigenvalue weighted by molar-refractivity contribution is 9.10. The number of rotatable bonds is 2. The molecule has 0 radical (unpaired) electrons. The van der Waals surface area contributed by atoms with Crippen molar-refractivity contribution in [3.8, 4) is 0 Å². The molecule has 0 amide bonds. The molecule has 1 aromatic heterocycles. The minimum absolute atomic E-state index is 0.560. The second-order valence-corrected chi connectivity index (χ2v) is 7.82. The van der Waals surface area contributed by atoms with Crippen molar-refractivity contribution in [2.24, 2.45) is 0 Å². The van der Waals surface area contributed by atoms with Crippen molar-refractivity contribution in [3.05, 3.63) is 76.3 Å². The molecule has 0 fully saturated rings. The van der Waals surface area contributed by atoms with Gasteiger partial charge in [0.05, 0.1) is 0 Å². The molecule has 1 heterocycles. The number of benzene rings is 3. The van der Waals surface area contributed by atoms with Crippen LogP contribution in [0.15, 0.2) is 59.3 Å². The molecule has 0 saturated heterocycles. The minimum Gasteiger partial charge on any atom is -0.349 e. The van der Waals surface area contributed by atoms with Crippen LogP contribution in [0.1, 0.15) is 35.7 Å². The number of H-pyrrole nitrogens is 1. The summed E-state index contributed by atoms with van der Waals surface area (Å²) >= 11 is 3.79. The second-order valence-electron chi connectivity index (χ2n) is 6.96. The van der Waals surface area contributed by atoms with Crippen LogP contribution in [0.4, 0.5) is 0 Å². The Bertz CT molecular complexity index is 1070. The first kappa shape index (κ1) is 15.2. The lowest BCUT2D eigenvalue weighted by Gasteiger charge is -2.27. The van der Waals surface area contributed by atoms with Crippen LogP contribution in [0.5, 0.6) is 0 Å². The zero-order chi connectivity index (χ0) is 16.8. The van der Waals surface area contributed by atoms with Gasteiger partial charge in [0.1, 0.15) is 5.82 Å². The van der Waals surface area contributed by atoms with Crippen LogP contribution < -0.4 is 0 Å². The molecule has 4 aromatic rings. The maximum atomic E-state index is 4.44. The van der Waals surface area contributed by atoms with Crippen molar-refractivity contribution in [3.63, 3.8) is 0 Å². The number of imidazole rings is 1. The van der Waals surface area contributed by atoms with Gasteiger partial charge in [-0.15, -0.1) is 0 Å². The van der Waals surface area contributed by atoms with Gasteiger partial charge in [-0.25, -0.2) is 4.98 Å². The van der Waals surface area contributed by atoms with Gasteiger partial charge in [0.2, 0.25) is 0 Å². The number of halogens is 1. The van der Waals surface area contributed by atoms with Gasteiger partial charge in [-0.1, -0.05) is 52.3 Å². The summed E-state index contributed by atoms with van der Waals surface area (Å²) < 4.78 is 1.19. The normalized spacial score (nSPS) is 17.1. The highest BCUT2D eigenvalue weighted by Crippen LogP contribution is 2.41. The Morgan fingerprint density at radius 3 is 2.72 bits per heavy atom. The topological polar surface area (TPSA) is 28.7 Å². The summed E-state index contributed by atoms with van der Waals surface area (Å²) in [5.41, 5.74) is 3.05. The van der Waals surface area contributed by atoms with Crippen molar-refractivity contribution in [1.29, 1.82) is 0 Å². The van der Waals surface area contributed by atoms with E-state index >= 15 is 0 Å². The van der Waals surface area contributed by atoms with Crippen LogP contribution in [-0.2, 0) is 12.8 Å². The molecule has 0 bridgehead atoms. The number of hydrogen-bond donors (Lipinski definition) is 1. The quantitative estimate of drug-likeness (QED) is 0.409. The summed E-state index contributed by atoms with van der Waals surface area (Å²) in [6, 6.07) is 15.7. The number of nitrogens with one attached hydrogen (secondary N) is 1. The lowest BCUT2D eigenvalue weighted by Crippen LogP contribution is -2.13. The number of nitrogens with zero attached hydrogens (tertiary/aromatic N) is 1. The van der Waals surface area contributed by atoms with Crippen LogP contribution in [0.3, 0.4) is 0 Å². The molecule has 1 aliphatic carbocycles. The molecule has 0 saturated carbocycles. The molecule has 25 heavy (non-hydrogen) atoms. The smallest absolute Gasteiger partial charge is 0.106 e. The zero-order valence-corrected chi connectivity index (χ0v) is 15.5. The standard InChI is InChI=1S/C22H19BrN2/c23-21-13-20-16-7-3-4-14(12-22-24-10-11-25-22)15(16)8-9-18(20)17-5-1-2-6-19(17)21/h1-2,5-6,8-11,13-14H,3-4,7,12H2,(H,24,25). The summed E-state index contributed by atoms with van der Waals surface area (Å²) in [7, 11) is 0. The van der Waals surface area contributed by atoms with E-state index in [4.69, 9.17) is 0 Å². The van der Waals surface area contributed by atoms with Gasteiger partial charge in [-0.05, 0) is 63.9 Å². The summed E-state index contributed by atoms with van der Waals surface area (Å²) in [5.74, 6) is 1.65. The minimum atomic E-state index is 0.560. The summed E-state index contributed by atoms with van der Waals surface area (Å²) in [6.07, 6.45) is 8.44. The molecule has 1 aliphatic rings. The summed E-state index contributed by atoms with van der Waals surface area (Å²) in [5, 5.41) is 5.41. The Kier molecular flexibility index (Phi) is 3.63. The van der Waals surface area contributed by atoms with Crippen molar-refractivity contribution in [1.82, 2.24) is 9.97 Å². The second kappa shape index (κ2) is 5.99. The van der Waals surface area contributed by atoms with E-state index in [1.165, 1.54) is 56.4 Å². The molecule has 3 aromatic carbocycles. The van der Waals surface area contributed by atoms with Gasteiger partial charge in [0.15, 0.2) is 0 Å². The fourth-order valence-corrected chi connectivity index (χ4v) is 4.98. The number of aromatic nitrogens is 2. The molecule has 1 N–H and O–H groups in total. The monoisotopic (exact) mass is 390 g/mol. The van der Waals surface area contributed by atoms with Crippen LogP contribution in [0, 0.1) is 0 Å². The number of fused-ring (bicyclic) bond motifs is 5. The molecule has 3 heteroatoms. The summed E-state index contributed by atoms with van der Waals surface area (Å²) in [6.45, 7) is 0. The van der Waals surface area contributed by atoms with E-state index in [9.17, 15) is 0 Å². The van der Waals surface area contributed by atoms with Gasteiger partial charge < -0.3 is 4.98 Å². The van der Waals surface area contributed by atoms with Crippen LogP contribution in [-0.4, -0.2) is 9.97 Å². The largest absolute Gasteiger partial charge is 0.349 e. The van der Waals surface area contributed by atoms with Crippen LogP contribution in [0.2, 0.25) is 0 Å². The van der Waals surface area contributed by atoms with Crippen molar-refractivity contribution >= 4 is 37.5 Å². The molecule has 2 nitrogen and oxygen atoms in total. The van der Waals surface area contributed by atoms with Gasteiger partial charge >= 0.3 is 0 Å². The first-order valence-electron chi connectivity index (χ1n) is 8.92. The van der Waals surface area contributed by atoms with E-state index in [-0.39, 0.29) is 0 Å². The molecular weight excluding hydrogens is 372 g/mol. The maximum absolute atomic E-state index is 4.44. The maximum Gasteiger partial charge on any atom is 0.106 e. The molecule has 1 unspecified atom stereocenters. The molecule has 1 atom stereocenters. The number of aromatic amines is 1. The fraction of sp³-hybridized carbons (Fsp3) is 0.227. The van der Waals surface area contributed by atoms with E-state index in [0.717, 1.165) is 12.2 Å². The predicted molar refractivity (Wildman–Crippen MR) is 107 cm³/mol. The van der Waals surface area contributed by atoms with E-state index in [1.807, 2.05) is 12.4 Å². The molecular formula is C22H19BrN2. The lowest BCUT2D eigenvalue weighted by molar-refractivity contribution is 0.544. The van der Waals surface area contributed by atoms with E-state index < -0.39 is 0 Å². The SMILES string of the molecule is Brc1cc2c3c(ccc2c2ccccc12)C(Cc1ncc[nH]1)CCC3. The van der Waals surface area contributed by atoms with Crippen LogP contribution in [0.25, 0.3) is 21.5 Å². The van der Waals surface area contributed by atoms with E-state index in [1.54, 1.807) is 0 Å². The van der Waals surface area contributed by atoms with Gasteiger partial charge in [-0.3, -0.25) is 0 Å². The number of aryl methyl sites for hydroxylation is 1. The highest BCUT2D eigenvalue weighted by atomic mass is 79.9. The first-order chi connectivity index (χ1) is 12.3. The average Bonchev–Trinajstić information content (AvgIpc) is 3.15.